The zero-order chi connectivity index (χ0) is 26.4. The molecule has 0 aliphatic carbocycles. The number of hydrogen-bond donors (Lipinski definition) is 2. The fourth-order valence-corrected chi connectivity index (χ4v) is 5.28. The van der Waals surface area contributed by atoms with E-state index in [1.54, 1.807) is 29.2 Å². The molecule has 2 saturated heterocycles. The van der Waals surface area contributed by atoms with Crippen molar-refractivity contribution in [3.05, 3.63) is 52.0 Å². The van der Waals surface area contributed by atoms with Crippen molar-refractivity contribution in [1.29, 1.82) is 0 Å². The maximum Gasteiger partial charge on any atom is 0.262 e. The van der Waals surface area contributed by atoms with Crippen LogP contribution in [-0.4, -0.2) is 75.2 Å². The van der Waals surface area contributed by atoms with Crippen LogP contribution in [0, 0.1) is 19.8 Å². The van der Waals surface area contributed by atoms with Crippen molar-refractivity contribution in [3.8, 4) is 5.75 Å². The number of morpholine rings is 1. The van der Waals surface area contributed by atoms with Crippen LogP contribution in [-0.2, 0) is 19.1 Å². The number of anilines is 2. The lowest BCUT2D eigenvalue weighted by atomic mass is 10.1. The molecule has 0 aromatic heterocycles. The quantitative estimate of drug-likeness (QED) is 0.479. The minimum absolute atomic E-state index is 0.0818. The van der Waals surface area contributed by atoms with Crippen LogP contribution in [0.15, 0.2) is 40.9 Å². The third kappa shape index (κ3) is 7.30. The lowest BCUT2D eigenvalue weighted by Crippen LogP contribution is -2.42. The second kappa shape index (κ2) is 12.5. The molecule has 4 rings (SSSR count). The summed E-state index contributed by atoms with van der Waals surface area (Å²) in [4.78, 5) is 41.5. The van der Waals surface area contributed by atoms with Gasteiger partial charge < -0.3 is 25.0 Å². The molecule has 2 aromatic rings. The van der Waals surface area contributed by atoms with Gasteiger partial charge in [-0.1, -0.05) is 15.9 Å². The number of hydrogen-bond acceptors (Lipinski definition) is 6. The summed E-state index contributed by atoms with van der Waals surface area (Å²) in [6.07, 6.45) is 0.191. The topological polar surface area (TPSA) is 100 Å². The van der Waals surface area contributed by atoms with Gasteiger partial charge in [-0.15, -0.1) is 0 Å². The van der Waals surface area contributed by atoms with E-state index in [-0.39, 0.29) is 36.7 Å². The van der Waals surface area contributed by atoms with Gasteiger partial charge in [-0.3, -0.25) is 19.3 Å². The van der Waals surface area contributed by atoms with Gasteiger partial charge in [-0.05, 0) is 61.4 Å². The molecule has 198 valence electrons. The van der Waals surface area contributed by atoms with Crippen LogP contribution in [0.5, 0.6) is 5.75 Å². The van der Waals surface area contributed by atoms with Crippen molar-refractivity contribution in [2.45, 2.75) is 20.3 Å². The first-order chi connectivity index (χ1) is 17.8. The van der Waals surface area contributed by atoms with Gasteiger partial charge in [0.25, 0.3) is 5.91 Å². The first-order valence-corrected chi connectivity index (χ1v) is 13.3. The molecule has 9 nitrogen and oxygen atoms in total. The predicted molar refractivity (Wildman–Crippen MR) is 145 cm³/mol. The Morgan fingerprint density at radius 1 is 1.11 bits per heavy atom. The van der Waals surface area contributed by atoms with Gasteiger partial charge in [0, 0.05) is 55.0 Å². The van der Waals surface area contributed by atoms with Crippen LogP contribution in [0.1, 0.15) is 17.5 Å². The molecule has 3 amide bonds. The maximum atomic E-state index is 12.6. The lowest BCUT2D eigenvalue weighted by Gasteiger charge is -2.26. The average molecular weight is 573 g/mol. The number of ether oxygens (including phenoxy) is 2. The van der Waals surface area contributed by atoms with Crippen LogP contribution >= 0.6 is 15.9 Å². The number of benzene rings is 2. The fraction of sp³-hybridized carbons (Fsp3) is 0.444. The summed E-state index contributed by atoms with van der Waals surface area (Å²) in [5.41, 5.74) is 3.40. The smallest absolute Gasteiger partial charge is 0.262 e. The molecule has 0 saturated carbocycles. The molecule has 2 N–H and O–H groups in total. The van der Waals surface area contributed by atoms with E-state index in [0.717, 1.165) is 54.1 Å². The van der Waals surface area contributed by atoms with Gasteiger partial charge in [-0.2, -0.15) is 0 Å². The van der Waals surface area contributed by atoms with Crippen LogP contribution in [0.4, 0.5) is 11.4 Å². The highest BCUT2D eigenvalue weighted by Gasteiger charge is 2.35. The molecule has 0 radical (unpaired) electrons. The highest BCUT2D eigenvalue weighted by Crippen LogP contribution is 2.28. The Bertz CT molecular complexity index is 1110. The number of carbonyl (C=O) groups excluding carboxylic acids is 3. The molecule has 0 unspecified atom stereocenters. The summed E-state index contributed by atoms with van der Waals surface area (Å²) in [7, 11) is 0. The van der Waals surface area contributed by atoms with Gasteiger partial charge in [0.05, 0.1) is 19.1 Å². The Labute approximate surface area is 225 Å². The van der Waals surface area contributed by atoms with E-state index in [0.29, 0.717) is 24.5 Å². The monoisotopic (exact) mass is 572 g/mol. The fourth-order valence-electron chi connectivity index (χ4n) is 4.59. The molecule has 37 heavy (non-hydrogen) atoms. The molecule has 0 bridgehead atoms. The first-order valence-electron chi connectivity index (χ1n) is 12.5. The number of carbonyl (C=O) groups is 3. The molecule has 2 fully saturated rings. The second-order valence-electron chi connectivity index (χ2n) is 9.40. The van der Waals surface area contributed by atoms with Crippen molar-refractivity contribution < 1.29 is 23.9 Å². The molecule has 2 aliphatic heterocycles. The zero-order valence-electron chi connectivity index (χ0n) is 21.2. The van der Waals surface area contributed by atoms with E-state index in [1.807, 2.05) is 26.0 Å². The van der Waals surface area contributed by atoms with Gasteiger partial charge in [-0.25, -0.2) is 0 Å². The van der Waals surface area contributed by atoms with E-state index in [2.05, 4.69) is 31.5 Å². The summed E-state index contributed by atoms with van der Waals surface area (Å²) >= 11 is 3.46. The van der Waals surface area contributed by atoms with E-state index < -0.39 is 0 Å². The van der Waals surface area contributed by atoms with Crippen LogP contribution in [0.2, 0.25) is 0 Å². The van der Waals surface area contributed by atoms with Crippen LogP contribution in [0.25, 0.3) is 0 Å². The predicted octanol–water partition coefficient (Wildman–Crippen LogP) is 2.88. The van der Waals surface area contributed by atoms with Gasteiger partial charge in [0.1, 0.15) is 5.75 Å². The highest BCUT2D eigenvalue weighted by atomic mass is 79.9. The minimum Gasteiger partial charge on any atom is -0.484 e. The third-order valence-corrected chi connectivity index (χ3v) is 7.06. The van der Waals surface area contributed by atoms with Gasteiger partial charge in [0.2, 0.25) is 11.8 Å². The number of nitrogens with zero attached hydrogens (tertiary/aromatic N) is 2. The van der Waals surface area contributed by atoms with E-state index in [4.69, 9.17) is 9.47 Å². The standard InChI is InChI=1S/C27H33BrN4O5/c1-18-13-21(28)14-19(2)26(18)30-24(33)17-37-23-5-3-22(4-6-23)32-16-20(15-25(32)34)27(35)29-7-8-31-9-11-36-12-10-31/h3-6,13-14,20H,7-12,15-17H2,1-2H3,(H,29,35)(H,30,33)/t20-/m0/s1. The molecule has 1 atom stereocenters. The highest BCUT2D eigenvalue weighted by molar-refractivity contribution is 9.10. The summed E-state index contributed by atoms with van der Waals surface area (Å²) in [6, 6.07) is 10.9. The normalized spacial score (nSPS) is 18.1. The van der Waals surface area contributed by atoms with Crippen LogP contribution < -0.4 is 20.3 Å². The van der Waals surface area contributed by atoms with Crippen LogP contribution in [0.3, 0.4) is 0 Å². The SMILES string of the molecule is Cc1cc(Br)cc(C)c1NC(=O)COc1ccc(N2C[C@@H](C(=O)NCCN3CCOCC3)CC2=O)cc1. The molecular formula is C27H33BrN4O5. The summed E-state index contributed by atoms with van der Waals surface area (Å²) in [5, 5.41) is 5.87. The zero-order valence-corrected chi connectivity index (χ0v) is 22.8. The Morgan fingerprint density at radius 2 is 1.78 bits per heavy atom. The van der Waals surface area contributed by atoms with E-state index >= 15 is 0 Å². The molecule has 2 heterocycles. The Hall–Kier alpha value is -2.95. The number of aryl methyl sites for hydroxylation is 2. The van der Waals surface area contributed by atoms with Crippen molar-refractivity contribution in [1.82, 2.24) is 10.2 Å². The average Bonchev–Trinajstić information content (AvgIpc) is 3.27. The Morgan fingerprint density at radius 3 is 2.46 bits per heavy atom. The number of rotatable bonds is 9. The number of amides is 3. The van der Waals surface area contributed by atoms with Crippen molar-refractivity contribution >= 4 is 45.0 Å². The summed E-state index contributed by atoms with van der Waals surface area (Å²) in [6.45, 7) is 8.62. The molecule has 0 spiro atoms. The second-order valence-corrected chi connectivity index (χ2v) is 10.3. The first kappa shape index (κ1) is 27.1. The lowest BCUT2D eigenvalue weighted by molar-refractivity contribution is -0.126. The van der Waals surface area contributed by atoms with Gasteiger partial charge in [0.15, 0.2) is 6.61 Å². The Kier molecular flexibility index (Phi) is 9.18. The number of halogens is 1. The van der Waals surface area contributed by atoms with Crippen molar-refractivity contribution in [2.75, 3.05) is 62.8 Å². The van der Waals surface area contributed by atoms with Crippen molar-refractivity contribution in [3.63, 3.8) is 0 Å². The summed E-state index contributed by atoms with van der Waals surface area (Å²) < 4.78 is 11.9. The molecular weight excluding hydrogens is 540 g/mol. The molecule has 2 aliphatic rings. The van der Waals surface area contributed by atoms with E-state index in [9.17, 15) is 14.4 Å². The van der Waals surface area contributed by atoms with Gasteiger partial charge >= 0.3 is 0 Å². The minimum atomic E-state index is -0.373. The van der Waals surface area contributed by atoms with E-state index in [1.165, 1.54) is 0 Å². The largest absolute Gasteiger partial charge is 0.484 e. The maximum absolute atomic E-state index is 12.6. The Balaban J connectivity index is 1.24. The number of nitrogens with one attached hydrogen (secondary N) is 2. The molecule has 10 heteroatoms. The summed E-state index contributed by atoms with van der Waals surface area (Å²) in [5.74, 6) is -0.280. The van der Waals surface area contributed by atoms with Crippen molar-refractivity contribution in [2.24, 2.45) is 5.92 Å². The molecule has 2 aromatic carbocycles. The third-order valence-electron chi connectivity index (χ3n) is 6.61.